The summed E-state index contributed by atoms with van der Waals surface area (Å²) in [7, 11) is -4.27. The van der Waals surface area contributed by atoms with Gasteiger partial charge in [-0.25, -0.2) is 9.55 Å². The summed E-state index contributed by atoms with van der Waals surface area (Å²) in [6.45, 7) is 5.72. The minimum Gasteiger partial charge on any atom is -0.462 e. The maximum Gasteiger partial charge on any atom is 0.459 e. The average molecular weight is 576 g/mol. The van der Waals surface area contributed by atoms with E-state index in [0.717, 1.165) is 0 Å². The quantitative estimate of drug-likeness (QED) is 0.200. The number of nitrogen functional groups attached to an aromatic ring is 1. The molecule has 0 saturated carbocycles. The number of carbonyl (C=O) groups excluding carboxylic acids is 1. The molecule has 2 aromatic heterocycles. The van der Waals surface area contributed by atoms with Crippen molar-refractivity contribution in [3.8, 4) is 11.8 Å². The summed E-state index contributed by atoms with van der Waals surface area (Å²) < 4.78 is 37.5. The normalized spacial score (nSPS) is 24.9. The van der Waals surface area contributed by atoms with Gasteiger partial charge in [0.15, 0.2) is 17.4 Å². The molecule has 0 aliphatic carbocycles. The number of fused-ring (bicyclic) bond motifs is 1. The lowest BCUT2D eigenvalue weighted by Crippen LogP contribution is -2.39. The van der Waals surface area contributed by atoms with Crippen LogP contribution in [0, 0.1) is 16.7 Å². The van der Waals surface area contributed by atoms with Crippen LogP contribution in [0.4, 0.5) is 5.95 Å². The molecule has 1 aliphatic rings. The number of rotatable bonds is 10. The van der Waals surface area contributed by atoms with Crippen LogP contribution in [0.3, 0.4) is 0 Å². The van der Waals surface area contributed by atoms with Gasteiger partial charge in [-0.15, -0.1) is 0 Å². The van der Waals surface area contributed by atoms with Gasteiger partial charge in [0.05, 0.1) is 25.1 Å². The molecule has 40 heavy (non-hydrogen) atoms. The first-order valence-corrected chi connectivity index (χ1v) is 13.9. The van der Waals surface area contributed by atoms with E-state index in [1.165, 1.54) is 24.7 Å². The summed E-state index contributed by atoms with van der Waals surface area (Å²) >= 11 is 0. The first kappa shape index (κ1) is 29.2. The van der Waals surface area contributed by atoms with Crippen molar-refractivity contribution < 1.29 is 33.0 Å². The minimum absolute atomic E-state index is 0.0405. The first-order valence-electron chi connectivity index (χ1n) is 12.3. The van der Waals surface area contributed by atoms with Gasteiger partial charge in [0, 0.05) is 0 Å². The number of aliphatic hydroxyl groups is 1. The fourth-order valence-electron chi connectivity index (χ4n) is 4.14. The van der Waals surface area contributed by atoms with Crippen molar-refractivity contribution in [1.82, 2.24) is 24.6 Å². The van der Waals surface area contributed by atoms with E-state index in [-0.39, 0.29) is 22.9 Å². The van der Waals surface area contributed by atoms with Crippen LogP contribution in [-0.2, 0) is 23.4 Å². The van der Waals surface area contributed by atoms with E-state index < -0.39 is 61.9 Å². The summed E-state index contributed by atoms with van der Waals surface area (Å²) in [4.78, 5) is 35.1. The molecule has 0 radical (unpaired) electrons. The number of hydrogen-bond acceptors (Lipinski definition) is 12. The monoisotopic (exact) mass is 575 g/mol. The number of nitriles is 1. The number of benzene rings is 1. The van der Waals surface area contributed by atoms with Gasteiger partial charge in [0.25, 0.3) is 5.56 Å². The highest BCUT2D eigenvalue weighted by Crippen LogP contribution is 2.49. The molecule has 16 heteroatoms. The number of aromatic amines is 1. The Labute approximate surface area is 228 Å². The van der Waals surface area contributed by atoms with Crippen LogP contribution in [0.2, 0.25) is 0 Å². The summed E-state index contributed by atoms with van der Waals surface area (Å²) in [5.41, 5.74) is 3.52. The molecule has 0 unspecified atom stereocenters. The van der Waals surface area contributed by atoms with Gasteiger partial charge in [-0.2, -0.15) is 15.3 Å². The highest BCUT2D eigenvalue weighted by atomic mass is 31.2. The van der Waals surface area contributed by atoms with Crippen LogP contribution < -0.4 is 20.9 Å². The Balaban J connectivity index is 1.59. The third kappa shape index (κ3) is 5.86. The van der Waals surface area contributed by atoms with E-state index >= 15 is 0 Å². The van der Waals surface area contributed by atoms with Gasteiger partial charge in [-0.3, -0.25) is 23.7 Å². The molecular weight excluding hydrogens is 545 g/mol. The van der Waals surface area contributed by atoms with Crippen molar-refractivity contribution in [3.63, 3.8) is 0 Å². The van der Waals surface area contributed by atoms with E-state index in [4.69, 9.17) is 24.3 Å². The number of ether oxygens (including phenoxy) is 2. The Morgan fingerprint density at radius 2 is 2.08 bits per heavy atom. The van der Waals surface area contributed by atoms with E-state index in [0.29, 0.717) is 0 Å². The molecule has 3 aromatic rings. The Morgan fingerprint density at radius 1 is 1.38 bits per heavy atom. The SMILES string of the molecule is CC(C)OC(=O)[C@@H](C)N[P@](=O)(OC[C@H]1O[C@@H](n2cnc3c(=O)[nH]c(N)nc32)[C@](C)(C#N)[C@@H]1O)Oc1ccccc1. The zero-order valence-electron chi connectivity index (χ0n) is 22.2. The maximum atomic E-state index is 13.8. The molecule has 4 rings (SSSR count). The maximum absolute atomic E-state index is 13.8. The van der Waals surface area contributed by atoms with E-state index in [1.807, 2.05) is 0 Å². The van der Waals surface area contributed by atoms with Crippen molar-refractivity contribution in [3.05, 3.63) is 47.0 Å². The van der Waals surface area contributed by atoms with Crippen molar-refractivity contribution in [2.24, 2.45) is 5.41 Å². The lowest BCUT2D eigenvalue weighted by Gasteiger charge is -2.26. The number of para-hydroxylation sites is 1. The zero-order chi connectivity index (χ0) is 29.2. The average Bonchev–Trinajstić information content (AvgIpc) is 3.42. The fourth-order valence-corrected chi connectivity index (χ4v) is 5.64. The molecule has 15 nitrogen and oxygen atoms in total. The molecule has 5 N–H and O–H groups in total. The molecule has 1 aromatic carbocycles. The number of esters is 1. The number of H-pyrrole nitrogens is 1. The number of hydrogen-bond donors (Lipinski definition) is 4. The molecule has 3 heterocycles. The summed E-state index contributed by atoms with van der Waals surface area (Å²) in [5.74, 6) is -0.667. The standard InChI is InChI=1S/C24H30N7O8P/c1-13(2)37-21(34)14(3)30-40(35,39-15-8-6-5-7-9-15)36-10-16-18(32)24(4,11-25)22(38-16)31-12-27-17-19(31)28-23(26)29-20(17)33/h5-9,12-14,16,18,22,32H,10H2,1-4H3,(H,30,35)(H3,26,28,29,33)/t14-,16-,18-,22-,24-,40+/m1/s1. The number of aromatic nitrogens is 4. The first-order chi connectivity index (χ1) is 18.9. The Kier molecular flexibility index (Phi) is 8.29. The van der Waals surface area contributed by atoms with Crippen LogP contribution in [0.15, 0.2) is 41.5 Å². The minimum atomic E-state index is -4.27. The van der Waals surface area contributed by atoms with Crippen LogP contribution >= 0.6 is 7.75 Å². The number of nitrogens with two attached hydrogens (primary N) is 1. The zero-order valence-corrected chi connectivity index (χ0v) is 23.1. The molecule has 0 spiro atoms. The molecule has 0 amide bonds. The second kappa shape index (κ2) is 11.4. The lowest BCUT2D eigenvalue weighted by atomic mass is 9.84. The molecule has 1 fully saturated rings. The number of imidazole rings is 1. The molecule has 0 bridgehead atoms. The number of nitrogens with zero attached hydrogens (tertiary/aromatic N) is 4. The highest BCUT2D eigenvalue weighted by molar-refractivity contribution is 7.52. The predicted octanol–water partition coefficient (Wildman–Crippen LogP) is 1.62. The Bertz CT molecular complexity index is 1520. The number of anilines is 1. The van der Waals surface area contributed by atoms with Gasteiger partial charge < -0.3 is 24.8 Å². The summed E-state index contributed by atoms with van der Waals surface area (Å²) in [6, 6.07) is 9.10. The second-order valence-corrected chi connectivity index (χ2v) is 11.4. The number of nitrogens with one attached hydrogen (secondary N) is 2. The number of carbonyl (C=O) groups is 1. The van der Waals surface area contributed by atoms with Crippen molar-refractivity contribution in [2.45, 2.75) is 58.3 Å². The Hall–Kier alpha value is -3.80. The fraction of sp³-hybridized carbons (Fsp3) is 0.458. The van der Waals surface area contributed by atoms with Crippen molar-refractivity contribution in [2.75, 3.05) is 12.3 Å². The highest BCUT2D eigenvalue weighted by Gasteiger charge is 2.55. The third-order valence-electron chi connectivity index (χ3n) is 6.16. The number of aliphatic hydroxyl groups excluding tert-OH is 1. The topological polar surface area (TPSA) is 217 Å². The largest absolute Gasteiger partial charge is 0.462 e. The smallest absolute Gasteiger partial charge is 0.459 e. The summed E-state index contributed by atoms with van der Waals surface area (Å²) in [6.07, 6.45) is -2.99. The third-order valence-corrected chi connectivity index (χ3v) is 7.81. The molecule has 1 saturated heterocycles. The van der Waals surface area contributed by atoms with Gasteiger partial charge in [0.2, 0.25) is 5.95 Å². The lowest BCUT2D eigenvalue weighted by molar-refractivity contribution is -0.149. The predicted molar refractivity (Wildman–Crippen MR) is 141 cm³/mol. The van der Waals surface area contributed by atoms with Gasteiger partial charge in [-0.05, 0) is 39.8 Å². The van der Waals surface area contributed by atoms with E-state index in [1.54, 1.807) is 44.2 Å². The molecular formula is C24H30N7O8P. The van der Waals surface area contributed by atoms with E-state index in [9.17, 15) is 24.5 Å². The molecule has 6 atom stereocenters. The van der Waals surface area contributed by atoms with Gasteiger partial charge >= 0.3 is 13.7 Å². The van der Waals surface area contributed by atoms with Gasteiger partial charge in [-0.1, -0.05) is 18.2 Å². The molecule has 214 valence electrons. The van der Waals surface area contributed by atoms with Crippen LogP contribution in [0.1, 0.15) is 33.9 Å². The van der Waals surface area contributed by atoms with Crippen LogP contribution in [0.5, 0.6) is 5.75 Å². The van der Waals surface area contributed by atoms with Gasteiger partial charge in [0.1, 0.15) is 29.4 Å². The van der Waals surface area contributed by atoms with Crippen molar-refractivity contribution in [1.29, 1.82) is 5.26 Å². The molecule has 1 aliphatic heterocycles. The van der Waals surface area contributed by atoms with Crippen LogP contribution in [-0.4, -0.2) is 61.6 Å². The van der Waals surface area contributed by atoms with Crippen LogP contribution in [0.25, 0.3) is 11.2 Å². The second-order valence-electron chi connectivity index (χ2n) is 9.68. The van der Waals surface area contributed by atoms with Crippen molar-refractivity contribution >= 4 is 30.8 Å². The Morgan fingerprint density at radius 3 is 2.73 bits per heavy atom. The summed E-state index contributed by atoms with van der Waals surface area (Å²) in [5, 5.41) is 23.7. The van der Waals surface area contributed by atoms with E-state index in [2.05, 4.69) is 26.1 Å².